The lowest BCUT2D eigenvalue weighted by Crippen LogP contribution is -2.37. The maximum Gasteiger partial charge on any atom is 0.232 e. The van der Waals surface area contributed by atoms with Gasteiger partial charge in [0.1, 0.15) is 5.60 Å². The van der Waals surface area contributed by atoms with E-state index in [1.54, 1.807) is 7.11 Å². The number of aromatic nitrogens is 2. The molecule has 0 saturated heterocycles. The van der Waals surface area contributed by atoms with E-state index in [1.807, 2.05) is 0 Å². The van der Waals surface area contributed by atoms with Crippen LogP contribution in [-0.2, 0) is 10.3 Å². The van der Waals surface area contributed by atoms with E-state index in [0.29, 0.717) is 11.7 Å². The van der Waals surface area contributed by atoms with E-state index in [-0.39, 0.29) is 17.6 Å². The number of nitrogens with zero attached hydrogens (tertiary/aromatic N) is 2. The predicted molar refractivity (Wildman–Crippen MR) is 59.4 cm³/mol. The number of methoxy groups -OCH3 is 1. The normalized spacial score (nSPS) is 31.4. The summed E-state index contributed by atoms with van der Waals surface area (Å²) < 4.78 is 10.8. The second kappa shape index (κ2) is 4.07. The highest BCUT2D eigenvalue weighted by atomic mass is 16.5. The molecule has 17 heavy (non-hydrogen) atoms. The van der Waals surface area contributed by atoms with Crippen LogP contribution < -0.4 is 0 Å². The van der Waals surface area contributed by atoms with Crippen LogP contribution in [0.25, 0.3) is 0 Å². The fourth-order valence-electron chi connectivity index (χ4n) is 2.82. The molecule has 0 spiro atoms. The molecule has 0 radical (unpaired) electrons. The van der Waals surface area contributed by atoms with Crippen molar-refractivity contribution in [1.29, 1.82) is 0 Å². The first-order chi connectivity index (χ1) is 8.25. The zero-order valence-corrected chi connectivity index (χ0v) is 10.1. The molecule has 3 rings (SSSR count). The van der Waals surface area contributed by atoms with E-state index in [1.165, 1.54) is 0 Å². The maximum atomic E-state index is 9.82. The highest BCUT2D eigenvalue weighted by molar-refractivity contribution is 5.09. The molecular weight excluding hydrogens is 220 g/mol. The van der Waals surface area contributed by atoms with Gasteiger partial charge in [-0.05, 0) is 38.5 Å². The highest BCUT2D eigenvalue weighted by Crippen LogP contribution is 2.43. The monoisotopic (exact) mass is 238 g/mol. The zero-order valence-electron chi connectivity index (χ0n) is 10.1. The van der Waals surface area contributed by atoms with Gasteiger partial charge in [-0.3, -0.25) is 0 Å². The summed E-state index contributed by atoms with van der Waals surface area (Å²) in [5.74, 6) is 1.25. The minimum absolute atomic E-state index is 0.0187. The van der Waals surface area contributed by atoms with Crippen LogP contribution in [0.3, 0.4) is 0 Å². The molecule has 0 aliphatic heterocycles. The number of aliphatic hydroxyl groups is 1. The van der Waals surface area contributed by atoms with Gasteiger partial charge in [-0.2, -0.15) is 4.98 Å². The number of ether oxygens (including phenoxy) is 1. The van der Waals surface area contributed by atoms with Crippen LogP contribution in [0.2, 0.25) is 0 Å². The fraction of sp³-hybridized carbons (Fsp3) is 0.833. The van der Waals surface area contributed by atoms with Gasteiger partial charge >= 0.3 is 0 Å². The molecule has 1 N–H and O–H groups in total. The minimum atomic E-state index is -0.330. The Morgan fingerprint density at radius 3 is 2.71 bits per heavy atom. The maximum absolute atomic E-state index is 9.82. The van der Waals surface area contributed by atoms with E-state index in [9.17, 15) is 5.11 Å². The summed E-state index contributed by atoms with van der Waals surface area (Å²) in [6, 6.07) is 0. The molecular formula is C12H18N2O3. The highest BCUT2D eigenvalue weighted by Gasteiger charge is 2.44. The second-order valence-corrected chi connectivity index (χ2v) is 5.11. The van der Waals surface area contributed by atoms with Gasteiger partial charge in [0.2, 0.25) is 11.7 Å². The second-order valence-electron chi connectivity index (χ2n) is 5.11. The van der Waals surface area contributed by atoms with E-state index in [4.69, 9.17) is 9.26 Å². The van der Waals surface area contributed by atoms with Crippen molar-refractivity contribution in [3.63, 3.8) is 0 Å². The van der Waals surface area contributed by atoms with Crippen LogP contribution in [0.5, 0.6) is 0 Å². The minimum Gasteiger partial charge on any atom is -0.392 e. The first-order valence-corrected chi connectivity index (χ1v) is 6.32. The molecule has 2 aliphatic rings. The van der Waals surface area contributed by atoms with Gasteiger partial charge in [0.05, 0.1) is 12.0 Å². The Labute approximate surface area is 100 Å². The Morgan fingerprint density at radius 1 is 1.35 bits per heavy atom. The van der Waals surface area contributed by atoms with Crippen molar-refractivity contribution >= 4 is 0 Å². The van der Waals surface area contributed by atoms with E-state index in [2.05, 4.69) is 10.1 Å². The van der Waals surface area contributed by atoms with Crippen molar-refractivity contribution in [1.82, 2.24) is 10.1 Å². The molecule has 1 aromatic heterocycles. The van der Waals surface area contributed by atoms with Crippen LogP contribution in [0.1, 0.15) is 56.2 Å². The number of aliphatic hydroxyl groups excluding tert-OH is 1. The Hall–Kier alpha value is -0.940. The van der Waals surface area contributed by atoms with Crippen LogP contribution in [0.4, 0.5) is 0 Å². The summed E-state index contributed by atoms with van der Waals surface area (Å²) in [5.41, 5.74) is -0.328. The lowest BCUT2D eigenvalue weighted by molar-refractivity contribution is -0.0858. The third kappa shape index (κ3) is 1.68. The van der Waals surface area contributed by atoms with Crippen molar-refractivity contribution in [2.75, 3.05) is 7.11 Å². The number of hydrogen-bond acceptors (Lipinski definition) is 5. The summed E-state index contributed by atoms with van der Waals surface area (Å²) in [7, 11) is 1.69. The van der Waals surface area contributed by atoms with Crippen LogP contribution in [0.15, 0.2) is 4.52 Å². The molecule has 0 aromatic carbocycles. The smallest absolute Gasteiger partial charge is 0.232 e. The summed E-state index contributed by atoms with van der Waals surface area (Å²) >= 11 is 0. The molecule has 2 fully saturated rings. The van der Waals surface area contributed by atoms with Gasteiger partial charge in [0, 0.05) is 7.11 Å². The van der Waals surface area contributed by atoms with Crippen LogP contribution in [0, 0.1) is 0 Å². The third-order valence-electron chi connectivity index (χ3n) is 4.20. The predicted octanol–water partition coefficient (Wildman–Crippen LogP) is 1.72. The largest absolute Gasteiger partial charge is 0.392 e. The summed E-state index contributed by atoms with van der Waals surface area (Å²) in [6.07, 6.45) is 5.51. The summed E-state index contributed by atoms with van der Waals surface area (Å²) in [5, 5.41) is 13.9. The molecule has 2 aliphatic carbocycles. The molecule has 5 heteroatoms. The average molecular weight is 238 g/mol. The van der Waals surface area contributed by atoms with Crippen molar-refractivity contribution < 1.29 is 14.4 Å². The number of rotatable bonds is 3. The molecule has 2 atom stereocenters. The van der Waals surface area contributed by atoms with Gasteiger partial charge in [-0.1, -0.05) is 5.16 Å². The molecule has 94 valence electrons. The van der Waals surface area contributed by atoms with E-state index in [0.717, 1.165) is 38.5 Å². The fourth-order valence-corrected chi connectivity index (χ4v) is 2.82. The topological polar surface area (TPSA) is 68.4 Å². The van der Waals surface area contributed by atoms with Crippen LogP contribution in [-0.4, -0.2) is 28.5 Å². The first-order valence-electron chi connectivity index (χ1n) is 6.32. The Bertz CT molecular complexity index is 395. The van der Waals surface area contributed by atoms with Crippen molar-refractivity contribution in [3.05, 3.63) is 11.7 Å². The van der Waals surface area contributed by atoms with Crippen molar-refractivity contribution in [3.8, 4) is 0 Å². The molecule has 2 unspecified atom stereocenters. The SMILES string of the molecule is COC1(c2noc(C3CCCC3O)n2)CCC1. The molecule has 2 saturated carbocycles. The van der Waals surface area contributed by atoms with Gasteiger partial charge in [-0.15, -0.1) is 0 Å². The van der Waals surface area contributed by atoms with Crippen LogP contribution >= 0.6 is 0 Å². The number of hydrogen-bond donors (Lipinski definition) is 1. The van der Waals surface area contributed by atoms with Gasteiger partial charge in [0.25, 0.3) is 0 Å². The van der Waals surface area contributed by atoms with Gasteiger partial charge < -0.3 is 14.4 Å². The van der Waals surface area contributed by atoms with E-state index < -0.39 is 0 Å². The lowest BCUT2D eigenvalue weighted by atomic mass is 9.79. The van der Waals surface area contributed by atoms with E-state index >= 15 is 0 Å². The summed E-state index contributed by atoms with van der Waals surface area (Å²) in [4.78, 5) is 4.44. The summed E-state index contributed by atoms with van der Waals surface area (Å²) in [6.45, 7) is 0. The van der Waals surface area contributed by atoms with Gasteiger partial charge in [-0.25, -0.2) is 0 Å². The molecule has 0 bridgehead atoms. The molecule has 1 heterocycles. The Morgan fingerprint density at radius 2 is 2.18 bits per heavy atom. The quantitative estimate of drug-likeness (QED) is 0.868. The standard InChI is InChI=1S/C12H18N2O3/c1-16-12(6-3-7-12)11-13-10(17-14-11)8-4-2-5-9(8)15/h8-9,15H,2-7H2,1H3. The third-order valence-corrected chi connectivity index (χ3v) is 4.20. The Balaban J connectivity index is 1.82. The average Bonchev–Trinajstić information content (AvgIpc) is 2.86. The zero-order chi connectivity index (χ0) is 11.9. The van der Waals surface area contributed by atoms with Crippen molar-refractivity contribution in [2.24, 2.45) is 0 Å². The lowest BCUT2D eigenvalue weighted by Gasteiger charge is -2.37. The van der Waals surface area contributed by atoms with Gasteiger partial charge in [0.15, 0.2) is 0 Å². The molecule has 0 amide bonds. The Kier molecular flexibility index (Phi) is 2.67. The molecule has 5 nitrogen and oxygen atoms in total. The van der Waals surface area contributed by atoms with Crippen molar-refractivity contribution in [2.45, 2.75) is 56.1 Å². The molecule has 1 aromatic rings. The first kappa shape index (κ1) is 11.2.